The first-order chi connectivity index (χ1) is 3.21. The second-order valence-electron chi connectivity index (χ2n) is 1.35. The van der Waals surface area contributed by atoms with Crippen LogP contribution in [0, 0.1) is 0 Å². The molecule has 1 aliphatic heterocycles. The Bertz CT molecular complexity index is 116. The minimum atomic E-state index is -0.694. The summed E-state index contributed by atoms with van der Waals surface area (Å²) in [5.41, 5.74) is 0. The molecule has 6 heteroatoms. The summed E-state index contributed by atoms with van der Waals surface area (Å²) in [6.07, 6.45) is 0. The molecule has 0 amide bonds. The van der Waals surface area contributed by atoms with Crippen LogP contribution in [0.25, 0.3) is 0 Å². The Labute approximate surface area is 74.5 Å². The second kappa shape index (κ2) is 2.91. The average molecular weight is 140 g/mol. The van der Waals surface area contributed by atoms with Gasteiger partial charge in [-0.25, -0.2) is 0 Å². The van der Waals surface area contributed by atoms with Crippen LogP contribution in [-0.2, 0) is 0 Å². The van der Waals surface area contributed by atoms with Crippen LogP contribution in [0.5, 0.6) is 0 Å². The molecule has 0 aromatic rings. The Morgan fingerprint density at radius 1 is 1.25 bits per heavy atom. The number of nitrogens with zero attached hydrogens (tertiary/aromatic N) is 4. The fraction of sp³-hybridized carbons (Fsp3) is 1.00. The molecule has 0 spiro atoms. The number of hydrogen-bond acceptors (Lipinski definition) is 5. The summed E-state index contributed by atoms with van der Waals surface area (Å²) >= 11 is 3.93. The summed E-state index contributed by atoms with van der Waals surface area (Å²) in [5.74, 6) is 0. The molecule has 0 N–H and O–H groups in total. The molecule has 0 unspecified atom stereocenters. The molecule has 0 atom stereocenters. The van der Waals surface area contributed by atoms with Crippen LogP contribution in [0.3, 0.4) is 0 Å². The molecule has 4 nitrogen and oxygen atoms in total. The Morgan fingerprint density at radius 3 is 1.75 bits per heavy atom. The van der Waals surface area contributed by atoms with Crippen molar-refractivity contribution in [3.05, 3.63) is 0 Å². The van der Waals surface area contributed by atoms with Crippen LogP contribution in [0.1, 0.15) is 6.92 Å². The van der Waals surface area contributed by atoms with Crippen LogP contribution in [0.15, 0.2) is 20.7 Å². The molecule has 0 fully saturated rings. The van der Waals surface area contributed by atoms with Gasteiger partial charge in [0.05, 0.1) is 0 Å². The molecule has 0 saturated carbocycles. The first-order valence-electron chi connectivity index (χ1n) is 1.77. The minimum absolute atomic E-state index is 0. The van der Waals surface area contributed by atoms with Gasteiger partial charge < -0.3 is 0 Å². The molecule has 1 aliphatic rings. The Balaban J connectivity index is 0.000000490. The van der Waals surface area contributed by atoms with Gasteiger partial charge >= 0.3 is 29.6 Å². The van der Waals surface area contributed by atoms with Crippen molar-refractivity contribution in [2.45, 2.75) is 11.9 Å². The standard InChI is InChI=1S/C2H4N4S.Na.H/c1-2(7)3-5-6-4-2;;/h7H,1H3;;. The first-order valence-corrected chi connectivity index (χ1v) is 2.22. The van der Waals surface area contributed by atoms with Crippen molar-refractivity contribution in [2.24, 2.45) is 20.7 Å². The summed E-state index contributed by atoms with van der Waals surface area (Å²) in [6, 6.07) is 0. The summed E-state index contributed by atoms with van der Waals surface area (Å²) in [4.78, 5) is -0.694. The van der Waals surface area contributed by atoms with Gasteiger partial charge in [0, 0.05) is 0 Å². The van der Waals surface area contributed by atoms with E-state index in [2.05, 4.69) is 33.3 Å². The van der Waals surface area contributed by atoms with Crippen molar-refractivity contribution in [3.8, 4) is 0 Å². The molecular formula is C2H5N4NaS. The van der Waals surface area contributed by atoms with E-state index in [0.717, 1.165) is 0 Å². The van der Waals surface area contributed by atoms with Crippen LogP contribution < -0.4 is 0 Å². The van der Waals surface area contributed by atoms with Crippen LogP contribution in [0.4, 0.5) is 0 Å². The normalized spacial score (nSPS) is 20.8. The summed E-state index contributed by atoms with van der Waals surface area (Å²) in [7, 11) is 0. The van der Waals surface area contributed by atoms with Gasteiger partial charge in [0.15, 0.2) is 0 Å². The van der Waals surface area contributed by atoms with Crippen molar-refractivity contribution in [1.29, 1.82) is 0 Å². The zero-order valence-electron chi connectivity index (χ0n) is 3.74. The van der Waals surface area contributed by atoms with Gasteiger partial charge in [-0.15, -0.1) is 22.9 Å². The van der Waals surface area contributed by atoms with E-state index in [0.29, 0.717) is 0 Å². The van der Waals surface area contributed by atoms with E-state index in [4.69, 9.17) is 0 Å². The maximum atomic E-state index is 3.93. The summed E-state index contributed by atoms with van der Waals surface area (Å²) in [6.45, 7) is 1.70. The Morgan fingerprint density at radius 2 is 1.62 bits per heavy atom. The van der Waals surface area contributed by atoms with Crippen LogP contribution in [0.2, 0.25) is 0 Å². The van der Waals surface area contributed by atoms with Gasteiger partial charge in [0.2, 0.25) is 4.99 Å². The summed E-state index contributed by atoms with van der Waals surface area (Å²) < 4.78 is 0. The molecule has 0 saturated heterocycles. The molecule has 0 aromatic heterocycles. The third-order valence-corrected chi connectivity index (χ3v) is 0.687. The third-order valence-electron chi connectivity index (χ3n) is 0.508. The zero-order valence-corrected chi connectivity index (χ0v) is 4.63. The monoisotopic (exact) mass is 140 g/mol. The van der Waals surface area contributed by atoms with Crippen LogP contribution >= 0.6 is 12.6 Å². The van der Waals surface area contributed by atoms with Crippen molar-refractivity contribution in [1.82, 2.24) is 0 Å². The van der Waals surface area contributed by atoms with Gasteiger partial charge in [-0.3, -0.25) is 0 Å². The van der Waals surface area contributed by atoms with Crippen molar-refractivity contribution >= 4 is 42.2 Å². The van der Waals surface area contributed by atoms with Crippen molar-refractivity contribution in [2.75, 3.05) is 0 Å². The van der Waals surface area contributed by atoms with Crippen molar-refractivity contribution < 1.29 is 0 Å². The summed E-state index contributed by atoms with van der Waals surface area (Å²) in [5, 5.41) is 13.5. The molecule has 1 heterocycles. The van der Waals surface area contributed by atoms with Gasteiger partial charge in [0.1, 0.15) is 0 Å². The van der Waals surface area contributed by atoms with E-state index < -0.39 is 4.99 Å². The van der Waals surface area contributed by atoms with E-state index in [1.165, 1.54) is 0 Å². The molecule has 0 bridgehead atoms. The number of thiol groups is 1. The van der Waals surface area contributed by atoms with E-state index in [-0.39, 0.29) is 29.6 Å². The molecule has 0 radical (unpaired) electrons. The fourth-order valence-electron chi connectivity index (χ4n) is 0.229. The number of hydrogen-bond donors (Lipinski definition) is 1. The Kier molecular flexibility index (Phi) is 3.11. The third kappa shape index (κ3) is 2.21. The second-order valence-corrected chi connectivity index (χ2v) is 2.20. The molecule has 8 heavy (non-hydrogen) atoms. The van der Waals surface area contributed by atoms with Gasteiger partial charge in [-0.2, -0.15) is 0 Å². The van der Waals surface area contributed by atoms with Crippen LogP contribution in [-0.4, -0.2) is 34.6 Å². The van der Waals surface area contributed by atoms with Gasteiger partial charge in [-0.1, -0.05) is 0 Å². The van der Waals surface area contributed by atoms with E-state index in [1.807, 2.05) is 0 Å². The predicted molar refractivity (Wildman–Crippen MR) is 34.3 cm³/mol. The molecule has 40 valence electrons. The average Bonchev–Trinajstić information content (AvgIpc) is 1.84. The molecule has 1 rings (SSSR count). The van der Waals surface area contributed by atoms with Gasteiger partial charge in [-0.05, 0) is 17.4 Å². The molecule has 0 aliphatic carbocycles. The van der Waals surface area contributed by atoms with E-state index in [1.54, 1.807) is 6.92 Å². The topological polar surface area (TPSA) is 49.4 Å². The van der Waals surface area contributed by atoms with E-state index >= 15 is 0 Å². The predicted octanol–water partition coefficient (Wildman–Crippen LogP) is 0.774. The fourth-order valence-corrected chi connectivity index (χ4v) is 0.309. The Hall–Kier alpha value is 0.550. The van der Waals surface area contributed by atoms with Gasteiger partial charge in [0.25, 0.3) is 0 Å². The van der Waals surface area contributed by atoms with E-state index in [9.17, 15) is 0 Å². The SMILES string of the molecule is CC1(S)N=NN=N1.[NaH]. The first kappa shape index (κ1) is 8.55. The molecular weight excluding hydrogens is 135 g/mol. The van der Waals surface area contributed by atoms with Crippen molar-refractivity contribution in [3.63, 3.8) is 0 Å². The number of rotatable bonds is 0. The molecule has 0 aromatic carbocycles. The quantitative estimate of drug-likeness (QED) is 0.382. The zero-order chi connectivity index (χ0) is 5.33. The maximum absolute atomic E-state index is 3.93.